The fourth-order valence-corrected chi connectivity index (χ4v) is 12.8. The summed E-state index contributed by atoms with van der Waals surface area (Å²) in [6.07, 6.45) is 5.70. The Balaban J connectivity index is 0.000000557. The van der Waals surface area contributed by atoms with Crippen LogP contribution >= 0.6 is 23.5 Å². The smallest absolute Gasteiger partial charge is 0.251 e. The van der Waals surface area contributed by atoms with Crippen LogP contribution in [0.25, 0.3) is 21.5 Å². The van der Waals surface area contributed by atoms with Crippen molar-refractivity contribution in [3.63, 3.8) is 0 Å². The summed E-state index contributed by atoms with van der Waals surface area (Å²) in [6, 6.07) is 10.2. The van der Waals surface area contributed by atoms with Crippen molar-refractivity contribution in [1.29, 1.82) is 0 Å². The number of fused-ring (bicyclic) bond motifs is 1. The van der Waals surface area contributed by atoms with Gasteiger partial charge in [0.15, 0.2) is 0 Å². The van der Waals surface area contributed by atoms with Crippen molar-refractivity contribution >= 4 is 105 Å². The van der Waals surface area contributed by atoms with E-state index in [4.69, 9.17) is 34.4 Å². The number of methoxy groups -OCH3 is 2. The summed E-state index contributed by atoms with van der Waals surface area (Å²) < 4.78 is 22.7. The predicted molar refractivity (Wildman–Crippen MR) is 409 cm³/mol. The van der Waals surface area contributed by atoms with Crippen molar-refractivity contribution in [2.45, 2.75) is 155 Å². The monoisotopic (exact) mass is 1520 g/mol. The fraction of sp³-hybridized carbons (Fsp3) is 0.653. The number of rotatable bonds is 46. The van der Waals surface area contributed by atoms with Crippen molar-refractivity contribution in [2.24, 2.45) is 28.8 Å². The maximum atomic E-state index is 14.2. The lowest BCUT2D eigenvalue weighted by atomic mass is 9.89. The molecule has 0 unspecified atom stereocenters. The second-order valence-corrected chi connectivity index (χ2v) is 28.4. The zero-order chi connectivity index (χ0) is 79.0. The molecule has 0 saturated carbocycles. The molecule has 3 aromatic rings. The van der Waals surface area contributed by atoms with Crippen LogP contribution in [0, 0.1) is 30.6 Å². The lowest BCUT2D eigenvalue weighted by Gasteiger charge is -2.41. The molecule has 34 heteroatoms. The van der Waals surface area contributed by atoms with Gasteiger partial charge in [0.05, 0.1) is 124 Å². The van der Waals surface area contributed by atoms with Crippen LogP contribution in [0.15, 0.2) is 47.6 Å². The quantitative estimate of drug-likeness (QED) is 0.0168. The number of likely N-dealkylation sites (N-methyl/N-ethyl adjacent to an activating group) is 2. The van der Waals surface area contributed by atoms with E-state index in [1.54, 1.807) is 91.8 Å². The first kappa shape index (κ1) is 92.0. The molecule has 0 radical (unpaired) electrons. The van der Waals surface area contributed by atoms with Gasteiger partial charge >= 0.3 is 0 Å². The van der Waals surface area contributed by atoms with Gasteiger partial charge < -0.3 is 76.6 Å². The molecular weight excluding hydrogens is 1410 g/mol. The van der Waals surface area contributed by atoms with Crippen LogP contribution in [0.3, 0.4) is 0 Å². The number of carbonyl (C=O) groups is 11. The zero-order valence-electron chi connectivity index (χ0n) is 64.6. The van der Waals surface area contributed by atoms with E-state index in [-0.39, 0.29) is 125 Å². The molecule has 4 rings (SSSR count). The molecule has 106 heavy (non-hydrogen) atoms. The zero-order valence-corrected chi connectivity index (χ0v) is 66.2. The van der Waals surface area contributed by atoms with Crippen LogP contribution < -0.4 is 47.9 Å². The molecule has 32 nitrogen and oxygen atoms in total. The Morgan fingerprint density at radius 2 is 1.23 bits per heavy atom. The van der Waals surface area contributed by atoms with Crippen molar-refractivity contribution in [3.8, 4) is 0 Å². The number of hydrogen-bond acceptors (Lipinski definition) is 21. The highest BCUT2D eigenvalue weighted by Crippen LogP contribution is 2.30. The highest BCUT2D eigenvalue weighted by atomic mass is 32.2. The number of nitrogens with zero attached hydrogens (tertiary/aromatic N) is 8. The Hall–Kier alpha value is -8.24. The Morgan fingerprint density at radius 1 is 0.670 bits per heavy atom. The van der Waals surface area contributed by atoms with Crippen LogP contribution in [-0.4, -0.2) is 259 Å². The SMILES string of the molecule is CC[C@@H](CN=[N+]=[N-])NC(=O)[C@H](C)[C@@H](OC)[C@@H]1CCCN1C(=O)C[C@@H](OC)[C@H]([C@@H](C)CC)N(C)C(=O)[C@@H](NC(=O)[C@H](C(C)C)N(C)C)C(C)C.CSCc1nc2ccc(C(=O)NCCOCCOCCC(=O)NCC(=O)NCC(=O)NCC(=O)NCC(=O)NCC(=O)Nc3ccc(C)cc3)cc2nc1CSC. The molecule has 590 valence electrons. The highest BCUT2D eigenvalue weighted by molar-refractivity contribution is 7.98. The van der Waals surface area contributed by atoms with E-state index in [1.807, 2.05) is 99.0 Å². The molecule has 2 heterocycles. The minimum Gasteiger partial charge on any atom is -0.379 e. The van der Waals surface area contributed by atoms with E-state index >= 15 is 0 Å². The third kappa shape index (κ3) is 32.1. The summed E-state index contributed by atoms with van der Waals surface area (Å²) in [4.78, 5) is 157. The van der Waals surface area contributed by atoms with Gasteiger partial charge in [0, 0.05) is 81.0 Å². The molecular formula is C72H115N17O15S2. The maximum absolute atomic E-state index is 14.2. The summed E-state index contributed by atoms with van der Waals surface area (Å²) >= 11 is 3.36. The van der Waals surface area contributed by atoms with Gasteiger partial charge in [0.25, 0.3) is 5.91 Å². The number of aryl methyl sites for hydroxylation is 1. The molecule has 1 aliphatic rings. The van der Waals surface area contributed by atoms with Gasteiger partial charge in [0.1, 0.15) is 6.04 Å². The number of aromatic nitrogens is 2. The number of benzene rings is 2. The van der Waals surface area contributed by atoms with Gasteiger partial charge in [-0.05, 0) is 106 Å². The topological polar surface area (TPSA) is 417 Å². The number of hydrogen-bond donors (Lipinski definition) is 9. The molecule has 0 spiro atoms. The molecule has 9 atom stereocenters. The van der Waals surface area contributed by atoms with E-state index < -0.39 is 91.3 Å². The van der Waals surface area contributed by atoms with E-state index in [9.17, 15) is 52.7 Å². The molecule has 1 fully saturated rings. The van der Waals surface area contributed by atoms with Gasteiger partial charge in [0.2, 0.25) is 59.1 Å². The number of nitrogens with one attached hydrogen (secondary N) is 9. The van der Waals surface area contributed by atoms with Crippen LogP contribution in [-0.2, 0) is 78.4 Å². The lowest BCUT2D eigenvalue weighted by Crippen LogP contribution is -2.59. The van der Waals surface area contributed by atoms with Crippen LogP contribution in [0.5, 0.6) is 0 Å². The maximum Gasteiger partial charge on any atom is 0.251 e. The first-order valence-electron chi connectivity index (χ1n) is 35.8. The Kier molecular flexibility index (Phi) is 43.0. The average molecular weight is 1520 g/mol. The standard InChI is InChI=1S/C37H49N9O9S2.C35H66N8O6/c1-24-4-7-26(8-5-24)44-36(52)21-43-35(51)20-42-34(50)19-41-33(49)18-40-32(48)17-39-31(47)10-12-54-14-15-55-13-11-38-37(53)25-6-9-27-28(16-25)46-30(23-57-3)29(45-27)22-56-2;1-14-23(7)31(42(11)35(47)29(21(3)4)39-34(46)30(22(5)6)41(9)10)27(48-12)19-28(44)43-18-16-17-26(43)32(49-13)24(8)33(45)38-25(15-2)20-37-40-36/h4-9,16H,10-15,17-23H2,1-3H3,(H,38,53)(H,39,47)(H,40,48)(H,41,49)(H,42,50)(H,43,51)(H,44,52);21-27,29-32H,14-20H2,1-13H3,(H,38,45)(H,39,46)/t;23-,24+,25-,26-,27+,29-,30-,31-,32+/m.0/s1. The van der Waals surface area contributed by atoms with E-state index in [1.165, 1.54) is 0 Å². The molecule has 1 aliphatic heterocycles. The summed E-state index contributed by atoms with van der Waals surface area (Å²) in [6.45, 7) is 17.3. The summed E-state index contributed by atoms with van der Waals surface area (Å²) in [7, 11) is 8.55. The number of azide groups is 1. The number of thioether (sulfide) groups is 2. The molecule has 11 amide bonds. The second kappa shape index (κ2) is 49.6. The van der Waals surface area contributed by atoms with Gasteiger partial charge in [-0.25, -0.2) is 9.97 Å². The predicted octanol–water partition coefficient (Wildman–Crippen LogP) is 3.88. The van der Waals surface area contributed by atoms with E-state index in [0.717, 1.165) is 46.8 Å². The van der Waals surface area contributed by atoms with Crippen molar-refractivity contribution in [2.75, 3.05) is 132 Å². The third-order valence-electron chi connectivity index (χ3n) is 17.7. The third-order valence-corrected chi connectivity index (χ3v) is 18.9. The van der Waals surface area contributed by atoms with Crippen LogP contribution in [0.2, 0.25) is 0 Å². The van der Waals surface area contributed by atoms with Gasteiger partial charge in [-0.15, -0.1) is 0 Å². The molecule has 2 aromatic carbocycles. The summed E-state index contributed by atoms with van der Waals surface area (Å²) in [5.74, 6) is -3.64. The minimum atomic E-state index is -0.754. The highest BCUT2D eigenvalue weighted by Gasteiger charge is 2.43. The van der Waals surface area contributed by atoms with Crippen molar-refractivity contribution in [1.82, 2.24) is 67.2 Å². The van der Waals surface area contributed by atoms with Crippen LogP contribution in [0.4, 0.5) is 5.69 Å². The largest absolute Gasteiger partial charge is 0.379 e. The first-order valence-corrected chi connectivity index (χ1v) is 38.6. The second-order valence-electron chi connectivity index (χ2n) is 26.7. The number of amides is 11. The van der Waals surface area contributed by atoms with Gasteiger partial charge in [-0.2, -0.15) is 23.5 Å². The molecule has 0 aliphatic carbocycles. The molecule has 1 aromatic heterocycles. The van der Waals surface area contributed by atoms with E-state index in [2.05, 4.69) is 57.9 Å². The average Bonchev–Trinajstić information content (AvgIpc) is 1.18. The summed E-state index contributed by atoms with van der Waals surface area (Å²) in [5.41, 5.74) is 14.1. The normalized spacial score (nSPS) is 14.9. The molecule has 1 saturated heterocycles. The fourth-order valence-electron chi connectivity index (χ4n) is 11.8. The number of likely N-dealkylation sites (tertiary alicyclic amines) is 1. The number of carbonyl (C=O) groups excluding carboxylic acids is 11. The lowest BCUT2D eigenvalue weighted by molar-refractivity contribution is -0.148. The van der Waals surface area contributed by atoms with Crippen molar-refractivity contribution in [3.05, 3.63) is 75.4 Å². The van der Waals surface area contributed by atoms with Crippen LogP contribution in [0.1, 0.15) is 121 Å². The number of anilines is 1. The van der Waals surface area contributed by atoms with Gasteiger partial charge in [-0.3, -0.25) is 57.6 Å². The first-order chi connectivity index (χ1) is 50.5. The Morgan fingerprint density at radius 3 is 1.74 bits per heavy atom. The minimum absolute atomic E-state index is 0.00856. The Bertz CT molecular complexity index is 3380. The van der Waals surface area contributed by atoms with Crippen molar-refractivity contribution < 1.29 is 71.7 Å². The van der Waals surface area contributed by atoms with Gasteiger partial charge in [-0.1, -0.05) is 84.6 Å². The molecule has 9 N–H and O–H groups in total. The number of ether oxygens (including phenoxy) is 4. The Labute approximate surface area is 632 Å². The van der Waals surface area contributed by atoms with E-state index in [0.29, 0.717) is 36.2 Å². The molecule has 0 bridgehead atoms. The summed E-state index contributed by atoms with van der Waals surface area (Å²) in [5, 5.41) is 26.7.